The third-order valence-corrected chi connectivity index (χ3v) is 4.54. The average molecular weight is 310 g/mol. The lowest BCUT2D eigenvalue weighted by molar-refractivity contribution is 0.402. The second-order valence-electron chi connectivity index (χ2n) is 4.46. The van der Waals surface area contributed by atoms with E-state index in [2.05, 4.69) is 9.82 Å². The van der Waals surface area contributed by atoms with Crippen LogP contribution in [0.3, 0.4) is 0 Å². The van der Waals surface area contributed by atoms with Crippen LogP contribution >= 0.6 is 0 Å². The van der Waals surface area contributed by atoms with Crippen molar-refractivity contribution in [2.45, 2.75) is 18.0 Å². The number of hydrogen-bond acceptors (Lipinski definition) is 5. The maximum atomic E-state index is 12.4. The summed E-state index contributed by atoms with van der Waals surface area (Å²) in [7, 11) is -0.523. The maximum absolute atomic E-state index is 12.4. The molecular formula is C13H18N4O3S. The third-order valence-electron chi connectivity index (χ3n) is 3.12. The van der Waals surface area contributed by atoms with E-state index in [1.54, 1.807) is 36.1 Å². The largest absolute Gasteiger partial charge is 0.495 e. The van der Waals surface area contributed by atoms with Crippen LogP contribution in [0.4, 0.5) is 0 Å². The SMILES string of the molecule is COc1ccc(CN)cc1S(=O)(=O)NCc1ccnn1C. The molecular weight excluding hydrogens is 292 g/mol. The molecule has 1 aromatic heterocycles. The molecule has 7 nitrogen and oxygen atoms in total. The highest BCUT2D eigenvalue weighted by Crippen LogP contribution is 2.24. The van der Waals surface area contributed by atoms with Crippen molar-refractivity contribution < 1.29 is 13.2 Å². The van der Waals surface area contributed by atoms with Crippen molar-refractivity contribution in [1.29, 1.82) is 0 Å². The van der Waals surface area contributed by atoms with Gasteiger partial charge in [-0.2, -0.15) is 5.10 Å². The van der Waals surface area contributed by atoms with Crippen molar-refractivity contribution in [1.82, 2.24) is 14.5 Å². The van der Waals surface area contributed by atoms with E-state index in [-0.39, 0.29) is 23.7 Å². The van der Waals surface area contributed by atoms with Gasteiger partial charge in [0.25, 0.3) is 0 Å². The molecule has 0 radical (unpaired) electrons. The topological polar surface area (TPSA) is 99.2 Å². The molecule has 0 spiro atoms. The average Bonchev–Trinajstić information content (AvgIpc) is 2.90. The number of ether oxygens (including phenoxy) is 1. The van der Waals surface area contributed by atoms with E-state index in [4.69, 9.17) is 10.5 Å². The number of nitrogens with zero attached hydrogens (tertiary/aromatic N) is 2. The van der Waals surface area contributed by atoms with Crippen molar-refractivity contribution >= 4 is 10.0 Å². The summed E-state index contributed by atoms with van der Waals surface area (Å²) in [6, 6.07) is 6.60. The summed E-state index contributed by atoms with van der Waals surface area (Å²) in [6.45, 7) is 0.406. The Hall–Kier alpha value is -1.90. The zero-order valence-corrected chi connectivity index (χ0v) is 12.7. The Labute approximate surface area is 123 Å². The van der Waals surface area contributed by atoms with E-state index in [0.29, 0.717) is 0 Å². The van der Waals surface area contributed by atoms with Gasteiger partial charge in [-0.05, 0) is 23.8 Å². The zero-order chi connectivity index (χ0) is 15.5. The fourth-order valence-corrected chi connectivity index (χ4v) is 3.10. The van der Waals surface area contributed by atoms with Crippen LogP contribution in [0.25, 0.3) is 0 Å². The monoisotopic (exact) mass is 310 g/mol. The van der Waals surface area contributed by atoms with Gasteiger partial charge in [0.2, 0.25) is 10.0 Å². The molecule has 8 heteroatoms. The number of rotatable bonds is 6. The van der Waals surface area contributed by atoms with Gasteiger partial charge in [-0.15, -0.1) is 0 Å². The molecule has 21 heavy (non-hydrogen) atoms. The van der Waals surface area contributed by atoms with Crippen molar-refractivity contribution in [2.75, 3.05) is 7.11 Å². The van der Waals surface area contributed by atoms with Crippen LogP contribution in [0.2, 0.25) is 0 Å². The number of nitrogens with one attached hydrogen (secondary N) is 1. The lowest BCUT2D eigenvalue weighted by atomic mass is 10.2. The molecule has 0 aliphatic heterocycles. The van der Waals surface area contributed by atoms with Gasteiger partial charge in [0.1, 0.15) is 10.6 Å². The Morgan fingerprint density at radius 1 is 1.38 bits per heavy atom. The molecule has 0 fully saturated rings. The minimum atomic E-state index is -3.70. The second kappa shape index (κ2) is 6.25. The Morgan fingerprint density at radius 2 is 2.14 bits per heavy atom. The van der Waals surface area contributed by atoms with Gasteiger partial charge in [-0.3, -0.25) is 4.68 Å². The van der Waals surface area contributed by atoms with E-state index < -0.39 is 10.0 Å². The number of sulfonamides is 1. The van der Waals surface area contributed by atoms with Crippen molar-refractivity contribution in [3.63, 3.8) is 0 Å². The summed E-state index contributed by atoms with van der Waals surface area (Å²) in [5.74, 6) is 0.282. The number of benzene rings is 1. The zero-order valence-electron chi connectivity index (χ0n) is 11.9. The first kappa shape index (κ1) is 15.5. The maximum Gasteiger partial charge on any atom is 0.244 e. The van der Waals surface area contributed by atoms with Crippen LogP contribution < -0.4 is 15.2 Å². The number of hydrogen-bond donors (Lipinski definition) is 2. The van der Waals surface area contributed by atoms with Crippen LogP contribution in [0.5, 0.6) is 5.75 Å². The standard InChI is InChI=1S/C13H18N4O3S/c1-17-11(5-6-15-17)9-16-21(18,19)13-7-10(8-14)3-4-12(13)20-2/h3-7,16H,8-9,14H2,1-2H3. The van der Waals surface area contributed by atoms with Crippen molar-refractivity contribution in [3.8, 4) is 5.75 Å². The Bertz CT molecular complexity index is 725. The van der Waals surface area contributed by atoms with E-state index >= 15 is 0 Å². The van der Waals surface area contributed by atoms with Crippen molar-refractivity contribution in [2.24, 2.45) is 12.8 Å². The summed E-state index contributed by atoms with van der Waals surface area (Å²) in [5.41, 5.74) is 7.03. The van der Waals surface area contributed by atoms with Gasteiger partial charge in [-0.1, -0.05) is 6.07 Å². The molecule has 0 unspecified atom stereocenters. The molecule has 0 saturated carbocycles. The van der Waals surface area contributed by atoms with Gasteiger partial charge in [0, 0.05) is 19.8 Å². The summed E-state index contributed by atoms with van der Waals surface area (Å²) in [6.07, 6.45) is 1.61. The van der Waals surface area contributed by atoms with Gasteiger partial charge in [-0.25, -0.2) is 13.1 Å². The van der Waals surface area contributed by atoms with Gasteiger partial charge in [0.15, 0.2) is 0 Å². The molecule has 3 N–H and O–H groups in total. The van der Waals surface area contributed by atoms with E-state index in [1.165, 1.54) is 13.2 Å². The molecule has 0 atom stereocenters. The van der Waals surface area contributed by atoms with E-state index in [1.807, 2.05) is 0 Å². The van der Waals surface area contributed by atoms with Crippen LogP contribution in [0.1, 0.15) is 11.3 Å². The third kappa shape index (κ3) is 3.41. The lowest BCUT2D eigenvalue weighted by Gasteiger charge is -2.12. The molecule has 0 saturated heterocycles. The first-order valence-corrected chi connectivity index (χ1v) is 7.80. The van der Waals surface area contributed by atoms with E-state index in [0.717, 1.165) is 11.3 Å². The minimum Gasteiger partial charge on any atom is -0.495 e. The lowest BCUT2D eigenvalue weighted by Crippen LogP contribution is -2.25. The number of aromatic nitrogens is 2. The molecule has 2 rings (SSSR count). The second-order valence-corrected chi connectivity index (χ2v) is 6.20. The predicted octanol–water partition coefficient (Wildman–Crippen LogP) is 0.366. The molecule has 114 valence electrons. The highest BCUT2D eigenvalue weighted by Gasteiger charge is 2.20. The first-order chi connectivity index (χ1) is 9.97. The molecule has 1 heterocycles. The van der Waals surface area contributed by atoms with Crippen LogP contribution in [0, 0.1) is 0 Å². The first-order valence-electron chi connectivity index (χ1n) is 6.31. The van der Waals surface area contributed by atoms with Gasteiger partial charge >= 0.3 is 0 Å². The molecule has 0 aliphatic rings. The summed E-state index contributed by atoms with van der Waals surface area (Å²) >= 11 is 0. The fraction of sp³-hybridized carbons (Fsp3) is 0.308. The number of nitrogens with two attached hydrogens (primary N) is 1. The molecule has 0 amide bonds. The highest BCUT2D eigenvalue weighted by molar-refractivity contribution is 7.89. The van der Waals surface area contributed by atoms with Crippen LogP contribution in [-0.4, -0.2) is 25.3 Å². The van der Waals surface area contributed by atoms with Crippen LogP contribution in [-0.2, 0) is 30.2 Å². The molecule has 0 aliphatic carbocycles. The minimum absolute atomic E-state index is 0.0788. The summed E-state index contributed by atoms with van der Waals surface area (Å²) < 4.78 is 34.1. The molecule has 1 aromatic carbocycles. The van der Waals surface area contributed by atoms with Gasteiger partial charge in [0.05, 0.1) is 19.3 Å². The molecule has 0 bridgehead atoms. The molecule has 2 aromatic rings. The normalized spacial score (nSPS) is 11.6. The highest BCUT2D eigenvalue weighted by atomic mass is 32.2. The van der Waals surface area contributed by atoms with Gasteiger partial charge < -0.3 is 10.5 Å². The smallest absolute Gasteiger partial charge is 0.244 e. The number of methoxy groups -OCH3 is 1. The fourth-order valence-electron chi connectivity index (χ4n) is 1.88. The Morgan fingerprint density at radius 3 is 2.71 bits per heavy atom. The predicted molar refractivity (Wildman–Crippen MR) is 78.1 cm³/mol. The van der Waals surface area contributed by atoms with Crippen LogP contribution in [0.15, 0.2) is 35.4 Å². The Balaban J connectivity index is 2.28. The number of aryl methyl sites for hydroxylation is 1. The quantitative estimate of drug-likeness (QED) is 0.803. The summed E-state index contributed by atoms with van der Waals surface area (Å²) in [4.78, 5) is 0.0788. The summed E-state index contributed by atoms with van der Waals surface area (Å²) in [5, 5.41) is 3.99. The van der Waals surface area contributed by atoms with Crippen molar-refractivity contribution in [3.05, 3.63) is 41.7 Å². The van der Waals surface area contributed by atoms with E-state index in [9.17, 15) is 8.42 Å². The Kier molecular flexibility index (Phi) is 4.61.